The molecule has 1 fully saturated rings. The van der Waals surface area contributed by atoms with Gasteiger partial charge in [0.25, 0.3) is 0 Å². The zero-order valence-electron chi connectivity index (χ0n) is 14.8. The Morgan fingerprint density at radius 1 is 1.22 bits per heavy atom. The maximum Gasteiger partial charge on any atom is 0.220 e. The minimum Gasteiger partial charge on any atom is -0.378 e. The van der Waals surface area contributed by atoms with E-state index in [1.807, 2.05) is 0 Å². The predicted molar refractivity (Wildman–Crippen MR) is 96.9 cm³/mol. The fourth-order valence-corrected chi connectivity index (χ4v) is 3.14. The summed E-state index contributed by atoms with van der Waals surface area (Å²) in [6.07, 6.45) is 5.20. The van der Waals surface area contributed by atoms with Crippen LogP contribution in [-0.4, -0.2) is 44.5 Å². The Hall–Kier alpha value is -1.55. The lowest BCUT2D eigenvalue weighted by atomic mass is 10.0. The summed E-state index contributed by atoms with van der Waals surface area (Å²) in [6, 6.07) is 9.03. The molecule has 128 valence electrons. The summed E-state index contributed by atoms with van der Waals surface area (Å²) < 4.78 is 0. The van der Waals surface area contributed by atoms with Gasteiger partial charge in [-0.3, -0.25) is 9.69 Å². The summed E-state index contributed by atoms with van der Waals surface area (Å²) in [4.78, 5) is 16.6. The molecule has 1 unspecified atom stereocenters. The third-order valence-corrected chi connectivity index (χ3v) is 4.63. The molecule has 1 amide bonds. The lowest BCUT2D eigenvalue weighted by molar-refractivity contribution is -0.121. The first-order valence-electron chi connectivity index (χ1n) is 8.90. The number of carbonyl (C=O) groups excluding carboxylic acids is 1. The van der Waals surface area contributed by atoms with E-state index in [1.54, 1.807) is 0 Å². The maximum atomic E-state index is 12.0. The summed E-state index contributed by atoms with van der Waals surface area (Å²) in [5.41, 5.74) is 2.51. The third-order valence-electron chi connectivity index (χ3n) is 4.63. The van der Waals surface area contributed by atoms with E-state index in [0.717, 1.165) is 25.9 Å². The summed E-state index contributed by atoms with van der Waals surface area (Å²) in [7, 11) is 4.11. The highest BCUT2D eigenvalue weighted by atomic mass is 16.1. The van der Waals surface area contributed by atoms with Crippen LogP contribution in [0.25, 0.3) is 0 Å². The number of amides is 1. The van der Waals surface area contributed by atoms with Crippen LogP contribution in [0.15, 0.2) is 24.3 Å². The Balaban J connectivity index is 2.03. The van der Waals surface area contributed by atoms with Gasteiger partial charge in [-0.15, -0.1) is 0 Å². The Morgan fingerprint density at radius 3 is 2.43 bits per heavy atom. The van der Waals surface area contributed by atoms with E-state index in [1.165, 1.54) is 24.1 Å². The summed E-state index contributed by atoms with van der Waals surface area (Å²) in [6.45, 7) is 5.09. The molecule has 1 heterocycles. The molecule has 1 atom stereocenters. The number of anilines is 1. The second kappa shape index (κ2) is 8.92. The number of unbranched alkanes of at least 4 members (excludes halogenated alkanes) is 1. The van der Waals surface area contributed by atoms with Crippen molar-refractivity contribution in [3.63, 3.8) is 0 Å². The normalized spacial score (nSPS) is 16.3. The molecule has 0 spiro atoms. The van der Waals surface area contributed by atoms with Gasteiger partial charge in [0.1, 0.15) is 0 Å². The Morgan fingerprint density at radius 2 is 1.87 bits per heavy atom. The molecule has 0 aliphatic carbocycles. The van der Waals surface area contributed by atoms with Gasteiger partial charge in [-0.05, 0) is 50.0 Å². The first kappa shape index (κ1) is 17.8. The van der Waals surface area contributed by atoms with E-state index in [9.17, 15) is 4.79 Å². The van der Waals surface area contributed by atoms with E-state index in [0.29, 0.717) is 19.0 Å². The minimum atomic E-state index is 0.181. The standard InChI is InChI=1S/C19H31N3O/c1-4-5-8-19(23)20-15-18(22-13-6-7-14-22)16-9-11-17(12-10-16)21(2)3/h9-12,18H,4-8,13-15H2,1-3H3,(H,20,23). The summed E-state index contributed by atoms with van der Waals surface area (Å²) >= 11 is 0. The SMILES string of the molecule is CCCCC(=O)NCC(c1ccc(N(C)C)cc1)N1CCCC1. The molecular weight excluding hydrogens is 286 g/mol. The zero-order chi connectivity index (χ0) is 16.7. The van der Waals surface area contributed by atoms with Crippen molar-refractivity contribution in [3.8, 4) is 0 Å². The van der Waals surface area contributed by atoms with Gasteiger partial charge in [-0.1, -0.05) is 25.5 Å². The largest absolute Gasteiger partial charge is 0.378 e. The van der Waals surface area contributed by atoms with Crippen LogP contribution in [0.5, 0.6) is 0 Å². The molecule has 23 heavy (non-hydrogen) atoms. The van der Waals surface area contributed by atoms with E-state index in [2.05, 4.69) is 60.4 Å². The molecule has 0 bridgehead atoms. The third kappa shape index (κ3) is 5.24. The van der Waals surface area contributed by atoms with Gasteiger partial charge < -0.3 is 10.2 Å². The van der Waals surface area contributed by atoms with Crippen LogP contribution in [0.1, 0.15) is 50.6 Å². The highest BCUT2D eigenvalue weighted by Gasteiger charge is 2.23. The van der Waals surface area contributed by atoms with E-state index in [4.69, 9.17) is 0 Å². The molecule has 4 nitrogen and oxygen atoms in total. The van der Waals surface area contributed by atoms with E-state index < -0.39 is 0 Å². The van der Waals surface area contributed by atoms with Crippen LogP contribution in [0.3, 0.4) is 0 Å². The number of nitrogens with zero attached hydrogens (tertiary/aromatic N) is 2. The lowest BCUT2D eigenvalue weighted by Gasteiger charge is -2.28. The number of rotatable bonds is 8. The quantitative estimate of drug-likeness (QED) is 0.800. The van der Waals surface area contributed by atoms with Crippen LogP contribution < -0.4 is 10.2 Å². The van der Waals surface area contributed by atoms with E-state index in [-0.39, 0.29) is 5.91 Å². The highest BCUT2D eigenvalue weighted by molar-refractivity contribution is 5.75. The van der Waals surface area contributed by atoms with Crippen LogP contribution in [0.4, 0.5) is 5.69 Å². The van der Waals surface area contributed by atoms with Crippen molar-refractivity contribution in [1.82, 2.24) is 10.2 Å². The van der Waals surface area contributed by atoms with Crippen molar-refractivity contribution in [3.05, 3.63) is 29.8 Å². The summed E-state index contributed by atoms with van der Waals surface area (Å²) in [5, 5.41) is 3.14. The molecule has 1 N–H and O–H groups in total. The van der Waals surface area contributed by atoms with Gasteiger partial charge in [0.2, 0.25) is 5.91 Å². The number of likely N-dealkylation sites (tertiary alicyclic amines) is 1. The number of hydrogen-bond acceptors (Lipinski definition) is 3. The molecule has 1 aliphatic rings. The van der Waals surface area contributed by atoms with Gasteiger partial charge in [0.15, 0.2) is 0 Å². The number of nitrogens with one attached hydrogen (secondary N) is 1. The molecule has 1 aromatic carbocycles. The molecule has 0 aromatic heterocycles. The van der Waals surface area contributed by atoms with Gasteiger partial charge in [0, 0.05) is 32.7 Å². The van der Waals surface area contributed by atoms with Crippen molar-refractivity contribution in [2.24, 2.45) is 0 Å². The van der Waals surface area contributed by atoms with Crippen molar-refractivity contribution < 1.29 is 4.79 Å². The Labute approximate surface area is 140 Å². The molecule has 1 saturated heterocycles. The lowest BCUT2D eigenvalue weighted by Crippen LogP contribution is -2.36. The van der Waals surface area contributed by atoms with Crippen molar-refractivity contribution >= 4 is 11.6 Å². The molecule has 4 heteroatoms. The highest BCUT2D eigenvalue weighted by Crippen LogP contribution is 2.26. The van der Waals surface area contributed by atoms with Crippen molar-refractivity contribution in [2.45, 2.75) is 45.1 Å². The van der Waals surface area contributed by atoms with Gasteiger partial charge in [-0.2, -0.15) is 0 Å². The molecular formula is C19H31N3O. The maximum absolute atomic E-state index is 12.0. The molecule has 1 aromatic rings. The Bertz CT molecular complexity index is 478. The first-order valence-corrected chi connectivity index (χ1v) is 8.90. The fourth-order valence-electron chi connectivity index (χ4n) is 3.14. The monoisotopic (exact) mass is 317 g/mol. The van der Waals surface area contributed by atoms with Crippen molar-refractivity contribution in [1.29, 1.82) is 0 Å². The topological polar surface area (TPSA) is 35.6 Å². The second-order valence-electron chi connectivity index (χ2n) is 6.65. The number of carbonyl (C=O) groups is 1. The van der Waals surface area contributed by atoms with Crippen LogP contribution in [0, 0.1) is 0 Å². The van der Waals surface area contributed by atoms with Gasteiger partial charge in [-0.25, -0.2) is 0 Å². The average molecular weight is 317 g/mol. The second-order valence-corrected chi connectivity index (χ2v) is 6.65. The van der Waals surface area contributed by atoms with Gasteiger partial charge >= 0.3 is 0 Å². The van der Waals surface area contributed by atoms with Gasteiger partial charge in [0.05, 0.1) is 6.04 Å². The van der Waals surface area contributed by atoms with E-state index >= 15 is 0 Å². The number of hydrogen-bond donors (Lipinski definition) is 1. The van der Waals surface area contributed by atoms with Crippen molar-refractivity contribution in [2.75, 3.05) is 38.6 Å². The molecule has 0 saturated carbocycles. The molecule has 2 rings (SSSR count). The summed E-state index contributed by atoms with van der Waals surface area (Å²) in [5.74, 6) is 0.181. The molecule has 1 aliphatic heterocycles. The smallest absolute Gasteiger partial charge is 0.220 e. The van der Waals surface area contributed by atoms with Crippen LogP contribution in [0.2, 0.25) is 0 Å². The average Bonchev–Trinajstić information content (AvgIpc) is 3.08. The van der Waals surface area contributed by atoms with Crippen LogP contribution >= 0.6 is 0 Å². The van der Waals surface area contributed by atoms with Crippen LogP contribution in [-0.2, 0) is 4.79 Å². The Kier molecular flexibility index (Phi) is 6.90. The predicted octanol–water partition coefficient (Wildman–Crippen LogP) is 3.20. The fraction of sp³-hybridized carbons (Fsp3) is 0.632. The zero-order valence-corrected chi connectivity index (χ0v) is 14.8. The number of benzene rings is 1. The molecule has 0 radical (unpaired) electrons. The minimum absolute atomic E-state index is 0.181. The first-order chi connectivity index (χ1) is 11.1.